The van der Waals surface area contributed by atoms with Gasteiger partial charge in [0.25, 0.3) is 5.97 Å². The third-order valence-electron chi connectivity index (χ3n) is 7.34. The fourth-order valence-corrected chi connectivity index (χ4v) is 4.43. The molecule has 1 aromatic carbocycles. The van der Waals surface area contributed by atoms with Crippen LogP contribution in [0, 0.1) is 11.3 Å². The normalized spacial score (nSPS) is 20.5. The van der Waals surface area contributed by atoms with Crippen LogP contribution >= 0.6 is 0 Å². The maximum absolute atomic E-state index is 11.2. The average Bonchev–Trinajstić information content (AvgIpc) is 3.32. The molecule has 3 atom stereocenters. The molecule has 0 aliphatic heterocycles. The Morgan fingerprint density at radius 3 is 2.37 bits per heavy atom. The van der Waals surface area contributed by atoms with Crippen molar-refractivity contribution in [2.45, 2.75) is 84.8 Å². The predicted molar refractivity (Wildman–Crippen MR) is 149 cm³/mol. The molecule has 9 heteroatoms. The van der Waals surface area contributed by atoms with Crippen LogP contribution in [0.1, 0.15) is 72.8 Å². The van der Waals surface area contributed by atoms with Crippen LogP contribution in [0.15, 0.2) is 59.1 Å². The Morgan fingerprint density at radius 1 is 1.08 bits per heavy atom. The maximum atomic E-state index is 11.2. The minimum Gasteiger partial charge on any atom is -0.382 e. The molecule has 2 aromatic rings. The van der Waals surface area contributed by atoms with Crippen LogP contribution in [0.2, 0.25) is 0 Å². The zero-order chi connectivity index (χ0) is 28.1. The molecule has 5 N–H and O–H groups in total. The Bertz CT molecular complexity index is 1200. The highest BCUT2D eigenvalue weighted by molar-refractivity contribution is 5.86. The molecule has 0 amide bonds. The summed E-state index contributed by atoms with van der Waals surface area (Å²) in [5, 5.41) is 55.3. The summed E-state index contributed by atoms with van der Waals surface area (Å²) in [7, 11) is 0. The highest BCUT2D eigenvalue weighted by Gasteiger charge is 2.41. The number of hydrogen-bond acceptors (Lipinski definition) is 8. The standard InChI is InChI=1S/C29H41N5O4/c1-7-19(2)20(3)30-23(18-27(4,5)29(36,37)38)15-13-21-12-14-22(17-28(6,35)16-21)24-10-8-9-11-25(24)26-31-33-34-32-26/h8-12,14,16-17,19-20,35-38H,7,13,15,18H2,1-6H3,(H,31,32,33,34). The number of aromatic nitrogens is 4. The summed E-state index contributed by atoms with van der Waals surface area (Å²) in [6.07, 6.45) is 9.89. The lowest BCUT2D eigenvalue weighted by Crippen LogP contribution is -2.45. The van der Waals surface area contributed by atoms with Gasteiger partial charge in [-0.3, -0.25) is 4.99 Å². The minimum atomic E-state index is -2.83. The van der Waals surface area contributed by atoms with E-state index in [-0.39, 0.29) is 12.5 Å². The number of allylic oxidation sites excluding steroid dienone is 4. The molecule has 1 aliphatic rings. The molecule has 9 nitrogen and oxygen atoms in total. The maximum Gasteiger partial charge on any atom is 0.281 e. The van der Waals surface area contributed by atoms with Crippen molar-refractivity contribution < 1.29 is 20.4 Å². The lowest BCUT2D eigenvalue weighted by Gasteiger charge is -2.34. The van der Waals surface area contributed by atoms with Crippen LogP contribution in [0.4, 0.5) is 0 Å². The zero-order valence-corrected chi connectivity index (χ0v) is 23.2. The first-order valence-corrected chi connectivity index (χ1v) is 13.1. The van der Waals surface area contributed by atoms with Gasteiger partial charge in [0.1, 0.15) is 0 Å². The second-order valence-corrected chi connectivity index (χ2v) is 11.2. The van der Waals surface area contributed by atoms with E-state index < -0.39 is 17.0 Å². The van der Waals surface area contributed by atoms with Crippen molar-refractivity contribution >= 4 is 11.3 Å². The number of hydrogen-bond donors (Lipinski definition) is 5. The Labute approximate surface area is 224 Å². The monoisotopic (exact) mass is 523 g/mol. The van der Waals surface area contributed by atoms with Gasteiger partial charge in [-0.05, 0) is 73.1 Å². The molecule has 1 heterocycles. The van der Waals surface area contributed by atoms with E-state index in [4.69, 9.17) is 4.99 Å². The topological polar surface area (TPSA) is 148 Å². The summed E-state index contributed by atoms with van der Waals surface area (Å²) in [4.78, 5) is 4.93. The van der Waals surface area contributed by atoms with Gasteiger partial charge >= 0.3 is 0 Å². The quantitative estimate of drug-likeness (QED) is 0.219. The summed E-state index contributed by atoms with van der Waals surface area (Å²) >= 11 is 0. The lowest BCUT2D eigenvalue weighted by molar-refractivity contribution is -0.366. The second-order valence-electron chi connectivity index (χ2n) is 11.2. The van der Waals surface area contributed by atoms with E-state index in [0.717, 1.165) is 34.4 Å². The van der Waals surface area contributed by atoms with Gasteiger partial charge in [0.05, 0.1) is 11.0 Å². The highest BCUT2D eigenvalue weighted by atomic mass is 16.7. The van der Waals surface area contributed by atoms with Crippen molar-refractivity contribution in [2.75, 3.05) is 0 Å². The summed E-state index contributed by atoms with van der Waals surface area (Å²) in [5.74, 6) is -2.00. The summed E-state index contributed by atoms with van der Waals surface area (Å²) in [6, 6.07) is 7.74. The van der Waals surface area contributed by atoms with Crippen molar-refractivity contribution in [3.63, 3.8) is 0 Å². The Kier molecular flexibility index (Phi) is 9.20. The number of aromatic amines is 1. The summed E-state index contributed by atoms with van der Waals surface area (Å²) in [5.41, 5.74) is 1.78. The first kappa shape index (κ1) is 29.6. The van der Waals surface area contributed by atoms with Crippen molar-refractivity contribution in [3.8, 4) is 11.4 Å². The van der Waals surface area contributed by atoms with Crippen LogP contribution in [-0.2, 0) is 0 Å². The zero-order valence-electron chi connectivity index (χ0n) is 23.2. The van der Waals surface area contributed by atoms with Gasteiger partial charge < -0.3 is 20.4 Å². The molecular weight excluding hydrogens is 482 g/mol. The van der Waals surface area contributed by atoms with Crippen LogP contribution in [0.5, 0.6) is 0 Å². The Balaban J connectivity index is 1.87. The molecule has 1 aromatic heterocycles. The summed E-state index contributed by atoms with van der Waals surface area (Å²) < 4.78 is 0. The smallest absolute Gasteiger partial charge is 0.281 e. The molecule has 3 rings (SSSR count). The molecule has 0 fully saturated rings. The largest absolute Gasteiger partial charge is 0.382 e. The van der Waals surface area contributed by atoms with E-state index in [1.54, 1.807) is 26.8 Å². The first-order valence-electron chi connectivity index (χ1n) is 13.1. The van der Waals surface area contributed by atoms with Gasteiger partial charge in [-0.1, -0.05) is 70.5 Å². The van der Waals surface area contributed by atoms with E-state index in [0.29, 0.717) is 24.6 Å². The molecule has 0 bridgehead atoms. The fourth-order valence-electron chi connectivity index (χ4n) is 4.43. The molecule has 1 aliphatic carbocycles. The number of nitrogens with zero attached hydrogens (tertiary/aromatic N) is 4. The van der Waals surface area contributed by atoms with Crippen LogP contribution in [0.3, 0.4) is 0 Å². The van der Waals surface area contributed by atoms with E-state index in [2.05, 4.69) is 41.4 Å². The fraction of sp³-hybridized carbons (Fsp3) is 0.517. The highest BCUT2D eigenvalue weighted by Crippen LogP contribution is 2.34. The van der Waals surface area contributed by atoms with Gasteiger partial charge in [-0.25, -0.2) is 0 Å². The minimum absolute atomic E-state index is 0.0490. The van der Waals surface area contributed by atoms with Crippen molar-refractivity contribution in [2.24, 2.45) is 16.3 Å². The third kappa shape index (κ3) is 7.54. The van der Waals surface area contributed by atoms with E-state index in [1.807, 2.05) is 42.5 Å². The molecule has 3 unspecified atom stereocenters. The number of H-pyrrole nitrogens is 1. The molecule has 38 heavy (non-hydrogen) atoms. The molecular formula is C29H41N5O4. The second kappa shape index (κ2) is 11.8. The number of rotatable bonds is 11. The molecule has 206 valence electrons. The van der Waals surface area contributed by atoms with Gasteiger partial charge in [0, 0.05) is 17.3 Å². The van der Waals surface area contributed by atoms with Crippen LogP contribution in [0.25, 0.3) is 17.0 Å². The Hall–Kier alpha value is -2.98. The number of benzene rings is 1. The van der Waals surface area contributed by atoms with Crippen molar-refractivity contribution in [1.82, 2.24) is 20.6 Å². The van der Waals surface area contributed by atoms with Gasteiger partial charge in [0.15, 0.2) is 0 Å². The average molecular weight is 524 g/mol. The molecule has 0 radical (unpaired) electrons. The number of nitrogens with one attached hydrogen (secondary N) is 1. The summed E-state index contributed by atoms with van der Waals surface area (Å²) in [6.45, 7) is 11.2. The molecule has 0 saturated carbocycles. The van der Waals surface area contributed by atoms with E-state index in [9.17, 15) is 20.4 Å². The number of tetrazole rings is 1. The third-order valence-corrected chi connectivity index (χ3v) is 7.34. The van der Waals surface area contributed by atoms with E-state index >= 15 is 0 Å². The van der Waals surface area contributed by atoms with Crippen molar-refractivity contribution in [1.29, 1.82) is 0 Å². The Morgan fingerprint density at radius 2 is 1.76 bits per heavy atom. The number of aliphatic hydroxyl groups is 4. The predicted octanol–water partition coefficient (Wildman–Crippen LogP) is 4.20. The van der Waals surface area contributed by atoms with Crippen LogP contribution in [-0.4, -0.2) is 64.4 Å². The van der Waals surface area contributed by atoms with Crippen molar-refractivity contribution in [3.05, 3.63) is 59.7 Å². The molecule has 0 saturated heterocycles. The lowest BCUT2D eigenvalue weighted by atomic mass is 9.82. The SMILES string of the molecule is CCC(C)C(C)N=C(CCC1=CC(C)(O)C=C(c2ccccc2-c2nn[nH]n2)C=C1)CC(C)(C)C(O)(O)O. The van der Waals surface area contributed by atoms with Gasteiger partial charge in [0.2, 0.25) is 5.82 Å². The molecule has 0 spiro atoms. The first-order chi connectivity index (χ1) is 17.7. The van der Waals surface area contributed by atoms with Gasteiger partial charge in [-0.15, -0.1) is 10.2 Å². The number of aliphatic imine (C=N–C) groups is 1. The van der Waals surface area contributed by atoms with E-state index in [1.165, 1.54) is 0 Å². The van der Waals surface area contributed by atoms with Crippen LogP contribution < -0.4 is 0 Å². The van der Waals surface area contributed by atoms with Gasteiger partial charge in [-0.2, -0.15) is 5.21 Å².